The molecule has 4 nitrogen and oxygen atoms in total. The van der Waals surface area contributed by atoms with E-state index in [1.54, 1.807) is 6.26 Å². The van der Waals surface area contributed by atoms with E-state index in [0.717, 1.165) is 6.42 Å². The highest BCUT2D eigenvalue weighted by atomic mass is 16.7. The van der Waals surface area contributed by atoms with Crippen LogP contribution in [0, 0.1) is 0 Å². The minimum atomic E-state index is -0.405. The Balaban J connectivity index is 2.11. The molecule has 1 fully saturated rings. The van der Waals surface area contributed by atoms with Crippen LogP contribution in [0.4, 0.5) is 4.79 Å². The molecule has 1 amide bonds. The molecule has 0 saturated carbocycles. The number of fused-ring (bicyclic) bond motifs is 1. The van der Waals surface area contributed by atoms with Gasteiger partial charge < -0.3 is 14.8 Å². The lowest BCUT2D eigenvalue weighted by Crippen LogP contribution is -2.33. The Morgan fingerprint density at radius 1 is 1.70 bits per heavy atom. The van der Waals surface area contributed by atoms with Gasteiger partial charge in [0.15, 0.2) is 0 Å². The monoisotopic (exact) mass is 141 g/mol. The number of hydrogen-bond acceptors (Lipinski definition) is 3. The van der Waals surface area contributed by atoms with Gasteiger partial charge in [-0.2, -0.15) is 0 Å². The van der Waals surface area contributed by atoms with Crippen molar-refractivity contribution >= 4 is 6.09 Å². The van der Waals surface area contributed by atoms with Gasteiger partial charge >= 0.3 is 6.09 Å². The zero-order chi connectivity index (χ0) is 6.97. The van der Waals surface area contributed by atoms with Crippen molar-refractivity contribution in [3.05, 3.63) is 12.3 Å². The zero-order valence-corrected chi connectivity index (χ0v) is 5.24. The number of hydrogen-bond donors (Lipinski definition) is 1. The molecule has 2 aliphatic rings. The number of rotatable bonds is 0. The van der Waals surface area contributed by atoms with Gasteiger partial charge in [0.25, 0.3) is 6.29 Å². The van der Waals surface area contributed by atoms with E-state index in [1.165, 1.54) is 0 Å². The third kappa shape index (κ3) is 0.725. The van der Waals surface area contributed by atoms with Gasteiger partial charge in [-0.25, -0.2) is 4.79 Å². The van der Waals surface area contributed by atoms with Crippen molar-refractivity contribution in [2.75, 3.05) is 0 Å². The van der Waals surface area contributed by atoms with Crippen LogP contribution in [-0.4, -0.2) is 18.4 Å². The van der Waals surface area contributed by atoms with Gasteiger partial charge in [-0.05, 0) is 12.5 Å². The molecule has 10 heavy (non-hydrogen) atoms. The second kappa shape index (κ2) is 1.90. The predicted octanol–water partition coefficient (Wildman–Crippen LogP) is 0.355. The van der Waals surface area contributed by atoms with Gasteiger partial charge in [-0.1, -0.05) is 0 Å². The molecule has 0 aliphatic carbocycles. The van der Waals surface area contributed by atoms with Crippen LogP contribution in [0.25, 0.3) is 0 Å². The van der Waals surface area contributed by atoms with Crippen molar-refractivity contribution in [3.8, 4) is 0 Å². The number of nitrogens with one attached hydrogen (secondary N) is 1. The predicted molar refractivity (Wildman–Crippen MR) is 32.0 cm³/mol. The molecule has 2 atom stereocenters. The maximum atomic E-state index is 10.6. The standard InChI is InChI=1S/C6H7NO3/c8-6-7-4-2-1-3-9-5(4)10-6/h1,3-5H,2H2,(H,7,8). The van der Waals surface area contributed by atoms with Gasteiger partial charge in [0, 0.05) is 0 Å². The fraction of sp³-hybridized carbons (Fsp3) is 0.500. The van der Waals surface area contributed by atoms with Crippen molar-refractivity contribution in [2.45, 2.75) is 18.8 Å². The summed E-state index contributed by atoms with van der Waals surface area (Å²) in [6.07, 6.45) is 3.41. The highest BCUT2D eigenvalue weighted by Gasteiger charge is 2.35. The third-order valence-corrected chi connectivity index (χ3v) is 1.55. The molecule has 4 heteroatoms. The maximum absolute atomic E-state index is 10.6. The number of alkyl carbamates (subject to hydrolysis) is 1. The van der Waals surface area contributed by atoms with Crippen LogP contribution in [0.3, 0.4) is 0 Å². The number of carbonyl (C=O) groups is 1. The van der Waals surface area contributed by atoms with Crippen molar-refractivity contribution in [3.63, 3.8) is 0 Å². The molecule has 0 radical (unpaired) electrons. The number of ether oxygens (including phenoxy) is 2. The fourth-order valence-corrected chi connectivity index (χ4v) is 1.07. The number of amides is 1. The maximum Gasteiger partial charge on any atom is 0.410 e. The molecule has 1 saturated heterocycles. The first-order valence-electron chi connectivity index (χ1n) is 3.14. The highest BCUT2D eigenvalue weighted by Crippen LogP contribution is 2.17. The molecule has 1 N–H and O–H groups in total. The van der Waals surface area contributed by atoms with Gasteiger partial charge in [0.2, 0.25) is 0 Å². The second-order valence-corrected chi connectivity index (χ2v) is 2.27. The van der Waals surface area contributed by atoms with Crippen LogP contribution < -0.4 is 5.32 Å². The second-order valence-electron chi connectivity index (χ2n) is 2.27. The first-order valence-corrected chi connectivity index (χ1v) is 3.14. The van der Waals surface area contributed by atoms with E-state index in [0.29, 0.717) is 0 Å². The van der Waals surface area contributed by atoms with Crippen LogP contribution in [0.5, 0.6) is 0 Å². The van der Waals surface area contributed by atoms with Crippen molar-refractivity contribution in [2.24, 2.45) is 0 Å². The summed E-state index contributed by atoms with van der Waals surface area (Å²) in [5.74, 6) is 0. The van der Waals surface area contributed by atoms with E-state index in [-0.39, 0.29) is 6.04 Å². The largest absolute Gasteiger partial charge is 0.460 e. The van der Waals surface area contributed by atoms with Gasteiger partial charge in [-0.3, -0.25) is 0 Å². The molecule has 0 aromatic carbocycles. The lowest BCUT2D eigenvalue weighted by Gasteiger charge is -2.17. The van der Waals surface area contributed by atoms with E-state index in [1.807, 2.05) is 6.08 Å². The van der Waals surface area contributed by atoms with Gasteiger partial charge in [0.1, 0.15) is 6.04 Å². The van der Waals surface area contributed by atoms with Crippen LogP contribution in [-0.2, 0) is 9.47 Å². The van der Waals surface area contributed by atoms with Crippen LogP contribution in [0.15, 0.2) is 12.3 Å². The average Bonchev–Trinajstić information content (AvgIpc) is 2.27. The van der Waals surface area contributed by atoms with E-state index in [4.69, 9.17) is 9.47 Å². The van der Waals surface area contributed by atoms with Gasteiger partial charge in [-0.15, -0.1) is 0 Å². The average molecular weight is 141 g/mol. The van der Waals surface area contributed by atoms with Crippen molar-refractivity contribution < 1.29 is 14.3 Å². The Morgan fingerprint density at radius 2 is 2.60 bits per heavy atom. The minimum Gasteiger partial charge on any atom is -0.460 e. The molecule has 2 rings (SSSR count). The van der Waals surface area contributed by atoms with Crippen LogP contribution in [0.1, 0.15) is 6.42 Å². The van der Waals surface area contributed by atoms with Crippen molar-refractivity contribution in [1.29, 1.82) is 0 Å². The summed E-state index contributed by atoms with van der Waals surface area (Å²) in [5, 5.41) is 2.62. The molecule has 2 unspecified atom stereocenters. The Bertz CT molecular complexity index is 171. The summed E-state index contributed by atoms with van der Waals surface area (Å²) < 4.78 is 9.73. The minimum absolute atomic E-state index is 0.0116. The summed E-state index contributed by atoms with van der Waals surface area (Å²) in [4.78, 5) is 10.6. The quantitative estimate of drug-likeness (QED) is 0.529. The normalized spacial score (nSPS) is 35.8. The Labute approximate surface area is 57.8 Å². The molecule has 54 valence electrons. The molecule has 0 spiro atoms. The molecule has 2 heterocycles. The van der Waals surface area contributed by atoms with E-state index in [2.05, 4.69) is 5.32 Å². The molecular formula is C6H7NO3. The summed E-state index contributed by atoms with van der Waals surface area (Å²) >= 11 is 0. The van der Waals surface area contributed by atoms with E-state index >= 15 is 0 Å². The van der Waals surface area contributed by atoms with E-state index < -0.39 is 12.4 Å². The summed E-state index contributed by atoms with van der Waals surface area (Å²) in [5.41, 5.74) is 0. The Kier molecular flexibility index (Phi) is 1.06. The lowest BCUT2D eigenvalue weighted by atomic mass is 10.2. The molecule has 0 aromatic rings. The zero-order valence-electron chi connectivity index (χ0n) is 5.24. The first kappa shape index (κ1) is 5.58. The molecule has 0 aromatic heterocycles. The van der Waals surface area contributed by atoms with Crippen molar-refractivity contribution in [1.82, 2.24) is 5.32 Å². The van der Waals surface area contributed by atoms with Crippen LogP contribution >= 0.6 is 0 Å². The fourth-order valence-electron chi connectivity index (χ4n) is 1.07. The molecule has 2 aliphatic heterocycles. The van der Waals surface area contributed by atoms with Crippen LogP contribution in [0.2, 0.25) is 0 Å². The summed E-state index contributed by atoms with van der Waals surface area (Å²) in [6, 6.07) is 0.0116. The molecule has 0 bridgehead atoms. The third-order valence-electron chi connectivity index (χ3n) is 1.55. The van der Waals surface area contributed by atoms with Gasteiger partial charge in [0.05, 0.1) is 6.26 Å². The Hall–Kier alpha value is -1.19. The number of carbonyl (C=O) groups excluding carboxylic acids is 1. The molecular weight excluding hydrogens is 134 g/mol. The smallest absolute Gasteiger partial charge is 0.410 e. The highest BCUT2D eigenvalue weighted by molar-refractivity contribution is 5.70. The Morgan fingerprint density at radius 3 is 3.40 bits per heavy atom. The van der Waals surface area contributed by atoms with E-state index in [9.17, 15) is 4.79 Å². The first-order chi connectivity index (χ1) is 4.86. The lowest BCUT2D eigenvalue weighted by molar-refractivity contribution is -0.0520. The topological polar surface area (TPSA) is 47.6 Å². The summed E-state index contributed by atoms with van der Waals surface area (Å²) in [6.45, 7) is 0. The summed E-state index contributed by atoms with van der Waals surface area (Å²) in [7, 11) is 0. The SMILES string of the molecule is O=C1NC2CC=COC2O1.